The van der Waals surface area contributed by atoms with Gasteiger partial charge in [0.1, 0.15) is 6.04 Å². The second kappa shape index (κ2) is 5.81. The van der Waals surface area contributed by atoms with E-state index >= 15 is 0 Å². The van der Waals surface area contributed by atoms with E-state index in [4.69, 9.17) is 5.11 Å². The van der Waals surface area contributed by atoms with Gasteiger partial charge in [-0.25, -0.2) is 0 Å². The van der Waals surface area contributed by atoms with E-state index in [1.165, 1.54) is 4.90 Å². The summed E-state index contributed by atoms with van der Waals surface area (Å²) in [6.45, 7) is 0.608. The Balaban J connectivity index is 2.02. The molecule has 0 bridgehead atoms. The SMILES string of the molecule is CN(C)C(=O)C1CCCN1C(=O)[C@@H]1CC[C@H](C(=O)O)C1. The molecule has 1 aliphatic heterocycles. The van der Waals surface area contributed by atoms with Crippen molar-refractivity contribution in [3.8, 4) is 0 Å². The molecule has 6 heteroatoms. The molecule has 0 radical (unpaired) electrons. The van der Waals surface area contributed by atoms with Crippen molar-refractivity contribution < 1.29 is 19.5 Å². The first-order valence-electron chi connectivity index (χ1n) is 7.16. The summed E-state index contributed by atoms with van der Waals surface area (Å²) in [4.78, 5) is 38.8. The average Bonchev–Trinajstić information content (AvgIpc) is 3.05. The first-order valence-corrected chi connectivity index (χ1v) is 7.16. The van der Waals surface area contributed by atoms with E-state index in [1.54, 1.807) is 19.0 Å². The third kappa shape index (κ3) is 2.78. The zero-order valence-electron chi connectivity index (χ0n) is 12.0. The van der Waals surface area contributed by atoms with Gasteiger partial charge in [-0.3, -0.25) is 14.4 Å². The van der Waals surface area contributed by atoms with E-state index in [1.807, 2.05) is 0 Å². The fraction of sp³-hybridized carbons (Fsp3) is 0.786. The van der Waals surface area contributed by atoms with E-state index in [0.717, 1.165) is 6.42 Å². The van der Waals surface area contributed by atoms with Gasteiger partial charge in [-0.15, -0.1) is 0 Å². The van der Waals surface area contributed by atoms with E-state index in [0.29, 0.717) is 32.2 Å². The molecule has 0 spiro atoms. The van der Waals surface area contributed by atoms with Crippen molar-refractivity contribution >= 4 is 17.8 Å². The number of carboxylic acids is 1. The molecule has 1 saturated carbocycles. The van der Waals surface area contributed by atoms with Crippen LogP contribution in [-0.4, -0.2) is 59.4 Å². The fourth-order valence-corrected chi connectivity index (χ4v) is 3.25. The maximum atomic E-state index is 12.5. The summed E-state index contributed by atoms with van der Waals surface area (Å²) in [6, 6.07) is -0.360. The Kier molecular flexibility index (Phi) is 4.30. The zero-order valence-corrected chi connectivity index (χ0v) is 12.0. The summed E-state index contributed by atoms with van der Waals surface area (Å²) >= 11 is 0. The van der Waals surface area contributed by atoms with Crippen molar-refractivity contribution in [1.29, 1.82) is 0 Å². The van der Waals surface area contributed by atoms with Gasteiger partial charge in [0.05, 0.1) is 5.92 Å². The topological polar surface area (TPSA) is 77.9 Å². The van der Waals surface area contributed by atoms with Crippen LogP contribution in [0, 0.1) is 11.8 Å². The van der Waals surface area contributed by atoms with Crippen LogP contribution in [0.4, 0.5) is 0 Å². The molecular weight excluding hydrogens is 260 g/mol. The lowest BCUT2D eigenvalue weighted by atomic mass is 10.0. The summed E-state index contributed by atoms with van der Waals surface area (Å²) in [5.41, 5.74) is 0. The normalized spacial score (nSPS) is 29.5. The molecule has 0 aromatic carbocycles. The second-order valence-corrected chi connectivity index (χ2v) is 5.97. The van der Waals surface area contributed by atoms with E-state index in [9.17, 15) is 14.4 Å². The molecule has 0 aromatic heterocycles. The van der Waals surface area contributed by atoms with E-state index in [-0.39, 0.29) is 23.8 Å². The first kappa shape index (κ1) is 14.8. The number of hydrogen-bond acceptors (Lipinski definition) is 3. The maximum absolute atomic E-state index is 12.5. The van der Waals surface area contributed by atoms with Crippen LogP contribution in [0.15, 0.2) is 0 Å². The lowest BCUT2D eigenvalue weighted by molar-refractivity contribution is -0.145. The highest BCUT2D eigenvalue weighted by atomic mass is 16.4. The van der Waals surface area contributed by atoms with Gasteiger partial charge in [-0.1, -0.05) is 0 Å². The highest BCUT2D eigenvalue weighted by Crippen LogP contribution is 2.34. The van der Waals surface area contributed by atoms with Crippen LogP contribution in [0.25, 0.3) is 0 Å². The van der Waals surface area contributed by atoms with Crippen LogP contribution < -0.4 is 0 Å². The maximum Gasteiger partial charge on any atom is 0.306 e. The average molecular weight is 282 g/mol. The van der Waals surface area contributed by atoms with E-state index in [2.05, 4.69) is 0 Å². The molecule has 2 amide bonds. The highest BCUT2D eigenvalue weighted by molar-refractivity contribution is 5.89. The van der Waals surface area contributed by atoms with Crippen LogP contribution in [0.2, 0.25) is 0 Å². The largest absolute Gasteiger partial charge is 0.481 e. The van der Waals surface area contributed by atoms with Crippen molar-refractivity contribution in [1.82, 2.24) is 9.80 Å². The number of likely N-dealkylation sites (N-methyl/N-ethyl adjacent to an activating group) is 1. The first-order chi connectivity index (χ1) is 9.41. The second-order valence-electron chi connectivity index (χ2n) is 5.97. The van der Waals surface area contributed by atoms with Gasteiger partial charge in [-0.2, -0.15) is 0 Å². The summed E-state index contributed by atoms with van der Waals surface area (Å²) in [6.07, 6.45) is 3.14. The van der Waals surface area contributed by atoms with E-state index < -0.39 is 11.9 Å². The molecule has 1 aliphatic carbocycles. The Morgan fingerprint density at radius 1 is 1.10 bits per heavy atom. The number of amides is 2. The Morgan fingerprint density at radius 2 is 1.75 bits per heavy atom. The molecule has 0 aromatic rings. The van der Waals surface area contributed by atoms with Crippen LogP contribution in [-0.2, 0) is 14.4 Å². The number of aliphatic carboxylic acids is 1. The lowest BCUT2D eigenvalue weighted by Gasteiger charge is -2.28. The molecule has 6 nitrogen and oxygen atoms in total. The highest BCUT2D eigenvalue weighted by Gasteiger charge is 2.41. The van der Waals surface area contributed by atoms with Crippen molar-refractivity contribution in [2.75, 3.05) is 20.6 Å². The lowest BCUT2D eigenvalue weighted by Crippen LogP contribution is -2.47. The quantitative estimate of drug-likeness (QED) is 0.820. The van der Waals surface area contributed by atoms with Crippen LogP contribution in [0.3, 0.4) is 0 Å². The minimum absolute atomic E-state index is 0.0357. The van der Waals surface area contributed by atoms with Gasteiger partial charge < -0.3 is 14.9 Å². The fourth-order valence-electron chi connectivity index (χ4n) is 3.25. The molecule has 1 unspecified atom stereocenters. The van der Waals surface area contributed by atoms with Crippen molar-refractivity contribution in [3.63, 3.8) is 0 Å². The molecule has 2 rings (SSSR count). The predicted octanol–water partition coefficient (Wildman–Crippen LogP) is 0.566. The number of likely N-dealkylation sites (tertiary alicyclic amines) is 1. The molecule has 20 heavy (non-hydrogen) atoms. The van der Waals surface area contributed by atoms with Gasteiger partial charge in [0, 0.05) is 26.6 Å². The summed E-state index contributed by atoms with van der Waals surface area (Å²) in [5, 5.41) is 9.01. The van der Waals surface area contributed by atoms with Crippen LogP contribution in [0.1, 0.15) is 32.1 Å². The minimum Gasteiger partial charge on any atom is -0.481 e. The number of rotatable bonds is 3. The number of carbonyl (C=O) groups is 3. The third-order valence-corrected chi connectivity index (χ3v) is 4.39. The van der Waals surface area contributed by atoms with Gasteiger partial charge >= 0.3 is 5.97 Å². The molecule has 3 atom stereocenters. The monoisotopic (exact) mass is 282 g/mol. The Hall–Kier alpha value is -1.59. The molecule has 2 aliphatic rings. The molecule has 1 saturated heterocycles. The molecule has 112 valence electrons. The molecule has 1 heterocycles. The van der Waals surface area contributed by atoms with Gasteiger partial charge in [0.2, 0.25) is 11.8 Å². The number of hydrogen-bond donors (Lipinski definition) is 1. The van der Waals surface area contributed by atoms with Gasteiger partial charge in [0.15, 0.2) is 0 Å². The summed E-state index contributed by atoms with van der Waals surface area (Å²) in [5.74, 6) is -1.53. The number of carbonyl (C=O) groups excluding carboxylic acids is 2. The Labute approximate surface area is 118 Å². The smallest absolute Gasteiger partial charge is 0.306 e. The molecule has 1 N–H and O–H groups in total. The van der Waals surface area contributed by atoms with Crippen molar-refractivity contribution in [3.05, 3.63) is 0 Å². The number of carboxylic acid groups (broad SMARTS) is 1. The zero-order chi connectivity index (χ0) is 14.9. The molecular formula is C14H22N2O4. The standard InChI is InChI=1S/C14H22N2O4/c1-15(2)13(18)11-4-3-7-16(11)12(17)9-5-6-10(8-9)14(19)20/h9-11H,3-8H2,1-2H3,(H,19,20)/t9-,10+,11?/m1/s1. The summed E-state index contributed by atoms with van der Waals surface area (Å²) < 4.78 is 0. The predicted molar refractivity (Wildman–Crippen MR) is 71.9 cm³/mol. The minimum atomic E-state index is -0.817. The Morgan fingerprint density at radius 3 is 2.30 bits per heavy atom. The molecule has 2 fully saturated rings. The van der Waals surface area contributed by atoms with Crippen LogP contribution >= 0.6 is 0 Å². The summed E-state index contributed by atoms with van der Waals surface area (Å²) in [7, 11) is 3.39. The van der Waals surface area contributed by atoms with Crippen molar-refractivity contribution in [2.45, 2.75) is 38.1 Å². The van der Waals surface area contributed by atoms with Crippen molar-refractivity contribution in [2.24, 2.45) is 11.8 Å². The third-order valence-electron chi connectivity index (χ3n) is 4.39. The number of nitrogens with zero attached hydrogens (tertiary/aromatic N) is 2. The van der Waals surface area contributed by atoms with Crippen LogP contribution in [0.5, 0.6) is 0 Å². The van der Waals surface area contributed by atoms with Gasteiger partial charge in [0.25, 0.3) is 0 Å². The Bertz CT molecular complexity index is 421. The van der Waals surface area contributed by atoms with Gasteiger partial charge in [-0.05, 0) is 32.1 Å².